The summed E-state index contributed by atoms with van der Waals surface area (Å²) in [4.78, 5) is 18.8. The second-order valence-corrected chi connectivity index (χ2v) is 7.94. The topological polar surface area (TPSA) is 92.9 Å². The minimum atomic E-state index is -6.07. The molecule has 0 unspecified atom stereocenters. The lowest BCUT2D eigenvalue weighted by Crippen LogP contribution is -2.47. The monoisotopic (exact) mass is 557 g/mol. The molecule has 15 heteroatoms. The van der Waals surface area contributed by atoms with E-state index >= 15 is 0 Å². The summed E-state index contributed by atoms with van der Waals surface area (Å²) >= 11 is 0. The first-order valence-corrected chi connectivity index (χ1v) is 10.8. The summed E-state index contributed by atoms with van der Waals surface area (Å²) in [6.07, 6.45) is -9.63. The summed E-state index contributed by atoms with van der Waals surface area (Å²) in [5, 5.41) is 7.70. The lowest BCUT2D eigenvalue weighted by atomic mass is 9.98. The summed E-state index contributed by atoms with van der Waals surface area (Å²) in [6, 6.07) is 15.3. The van der Waals surface area contributed by atoms with Gasteiger partial charge in [-0.1, -0.05) is 53.7 Å². The number of amides is 1. The van der Waals surface area contributed by atoms with Crippen LogP contribution < -0.4 is 10.6 Å². The zero-order valence-electron chi connectivity index (χ0n) is 19.2. The lowest BCUT2D eigenvalue weighted by Gasteiger charge is -2.19. The molecule has 0 radical (unpaired) electrons. The predicted octanol–water partition coefficient (Wildman–Crippen LogP) is 6.57. The molecule has 0 fully saturated rings. The number of nitrogens with zero attached hydrogens (tertiary/aromatic N) is 3. The quantitative estimate of drug-likeness (QED) is 0.250. The van der Waals surface area contributed by atoms with E-state index in [0.29, 0.717) is 16.7 Å². The summed E-state index contributed by atoms with van der Waals surface area (Å²) in [6.45, 7) is 0.0251. The summed E-state index contributed by atoms with van der Waals surface area (Å²) in [5.74, 6) is -10.1. The van der Waals surface area contributed by atoms with Crippen LogP contribution in [0.3, 0.4) is 0 Å². The average molecular weight is 557 g/mol. The number of hydrogen-bond acceptors (Lipinski definition) is 6. The van der Waals surface area contributed by atoms with Crippen LogP contribution in [-0.2, 0) is 17.5 Å². The number of hydrogen-bond donors (Lipinski definition) is 2. The third-order valence-electron chi connectivity index (χ3n) is 5.26. The third kappa shape index (κ3) is 5.97. The van der Waals surface area contributed by atoms with Gasteiger partial charge in [0.1, 0.15) is 5.82 Å². The van der Waals surface area contributed by atoms with E-state index in [4.69, 9.17) is 0 Å². The van der Waals surface area contributed by atoms with Crippen molar-refractivity contribution in [2.45, 2.75) is 24.8 Å². The van der Waals surface area contributed by atoms with Crippen LogP contribution in [0, 0.1) is 0 Å². The van der Waals surface area contributed by atoms with Gasteiger partial charge in [0, 0.05) is 18.3 Å². The van der Waals surface area contributed by atoms with Crippen LogP contribution in [0.25, 0.3) is 22.5 Å². The second-order valence-electron chi connectivity index (χ2n) is 7.94. The molecular weight excluding hydrogens is 542 g/mol. The highest BCUT2D eigenvalue weighted by molar-refractivity contribution is 5.98. The Bertz CT molecular complexity index is 1470. The number of aromatic nitrogens is 3. The number of carbonyl (C=O) groups is 1. The number of rotatable bonds is 7. The minimum absolute atomic E-state index is 0.0251. The van der Waals surface area contributed by atoms with E-state index in [0.717, 1.165) is 6.07 Å². The standard InChI is InChI=1S/C24H15F8N5O2/c25-22(26,24(30,31)32)20(38)35-17-6-3-11-33-19(17)34-12-13-7-9-14(10-8-13)15-4-1-2-5-16(15)18-36-21(39-37-18)23(27,28)29/h1-11H,12H2,(H,33,34)(H,35,38). The maximum Gasteiger partial charge on any atom is 0.471 e. The van der Waals surface area contributed by atoms with Gasteiger partial charge < -0.3 is 15.2 Å². The lowest BCUT2D eigenvalue weighted by molar-refractivity contribution is -0.267. The van der Waals surface area contributed by atoms with Crippen LogP contribution in [0.1, 0.15) is 11.5 Å². The van der Waals surface area contributed by atoms with Crippen LogP contribution in [0.15, 0.2) is 71.4 Å². The molecule has 39 heavy (non-hydrogen) atoms. The molecule has 0 aliphatic carbocycles. The molecule has 0 atom stereocenters. The van der Waals surface area contributed by atoms with E-state index < -0.39 is 35.8 Å². The fourth-order valence-corrected chi connectivity index (χ4v) is 3.34. The Kier molecular flexibility index (Phi) is 7.26. The number of nitrogens with one attached hydrogen (secondary N) is 2. The Morgan fingerprint density at radius 3 is 2.13 bits per heavy atom. The van der Waals surface area contributed by atoms with Gasteiger partial charge in [-0.15, -0.1) is 0 Å². The van der Waals surface area contributed by atoms with Gasteiger partial charge in [0.2, 0.25) is 5.82 Å². The van der Waals surface area contributed by atoms with E-state index in [1.807, 2.05) is 0 Å². The van der Waals surface area contributed by atoms with Crippen molar-refractivity contribution in [3.8, 4) is 22.5 Å². The largest absolute Gasteiger partial charge is 0.471 e. The highest BCUT2D eigenvalue weighted by atomic mass is 19.4. The van der Waals surface area contributed by atoms with Crippen LogP contribution in [0.5, 0.6) is 0 Å². The Balaban J connectivity index is 1.49. The molecule has 2 aromatic carbocycles. The second kappa shape index (κ2) is 10.3. The van der Waals surface area contributed by atoms with Crippen LogP contribution in [0.4, 0.5) is 46.6 Å². The van der Waals surface area contributed by atoms with E-state index in [-0.39, 0.29) is 23.8 Å². The van der Waals surface area contributed by atoms with Crippen molar-refractivity contribution in [1.82, 2.24) is 15.1 Å². The van der Waals surface area contributed by atoms with Gasteiger partial charge in [-0.3, -0.25) is 4.79 Å². The van der Waals surface area contributed by atoms with Gasteiger partial charge in [0.05, 0.1) is 5.69 Å². The fraction of sp³-hybridized carbons (Fsp3) is 0.167. The molecule has 7 nitrogen and oxygen atoms in total. The Hall–Kier alpha value is -4.56. The smallest absolute Gasteiger partial charge is 0.364 e. The van der Waals surface area contributed by atoms with Crippen LogP contribution in [0.2, 0.25) is 0 Å². The number of pyridine rings is 1. The molecule has 2 heterocycles. The Morgan fingerprint density at radius 2 is 1.51 bits per heavy atom. The molecule has 0 saturated carbocycles. The van der Waals surface area contributed by atoms with Crippen molar-refractivity contribution in [1.29, 1.82) is 0 Å². The van der Waals surface area contributed by atoms with Crippen molar-refractivity contribution >= 4 is 17.4 Å². The molecule has 0 saturated heterocycles. The molecule has 4 rings (SSSR count). The first-order chi connectivity index (χ1) is 18.3. The van der Waals surface area contributed by atoms with Gasteiger partial charge in [-0.25, -0.2) is 4.98 Å². The van der Waals surface area contributed by atoms with E-state index in [1.54, 1.807) is 42.5 Å². The van der Waals surface area contributed by atoms with Gasteiger partial charge >= 0.3 is 30.1 Å². The number of halogens is 8. The van der Waals surface area contributed by atoms with E-state index in [1.165, 1.54) is 23.6 Å². The van der Waals surface area contributed by atoms with Crippen molar-refractivity contribution in [3.05, 3.63) is 78.3 Å². The number of alkyl halides is 8. The van der Waals surface area contributed by atoms with Crippen molar-refractivity contribution in [2.24, 2.45) is 0 Å². The Labute approximate surface area is 213 Å². The molecular formula is C24H15F8N5O2. The maximum absolute atomic E-state index is 13.3. The maximum atomic E-state index is 13.3. The van der Waals surface area contributed by atoms with Gasteiger partial charge in [-0.05, 0) is 28.8 Å². The number of anilines is 2. The predicted molar refractivity (Wildman–Crippen MR) is 121 cm³/mol. The molecule has 0 aliphatic rings. The zero-order valence-corrected chi connectivity index (χ0v) is 19.2. The van der Waals surface area contributed by atoms with Crippen molar-refractivity contribution in [2.75, 3.05) is 10.6 Å². The number of benzene rings is 2. The third-order valence-corrected chi connectivity index (χ3v) is 5.26. The molecule has 204 valence electrons. The summed E-state index contributed by atoms with van der Waals surface area (Å²) in [7, 11) is 0. The van der Waals surface area contributed by atoms with Crippen LogP contribution >= 0.6 is 0 Å². The van der Waals surface area contributed by atoms with E-state index in [9.17, 15) is 39.9 Å². The van der Waals surface area contributed by atoms with Crippen molar-refractivity contribution < 1.29 is 44.4 Å². The highest BCUT2D eigenvalue weighted by Gasteiger charge is 2.63. The van der Waals surface area contributed by atoms with E-state index in [2.05, 4.69) is 25.0 Å². The first-order valence-electron chi connectivity index (χ1n) is 10.8. The Morgan fingerprint density at radius 1 is 0.846 bits per heavy atom. The molecule has 0 aliphatic heterocycles. The minimum Gasteiger partial charge on any atom is -0.364 e. The SMILES string of the molecule is O=C(Nc1cccnc1NCc1ccc(-c2ccccc2-c2noc(C(F)(F)F)n2)cc1)C(F)(F)C(F)(F)F. The van der Waals surface area contributed by atoms with Gasteiger partial charge in [-0.2, -0.15) is 40.1 Å². The average Bonchev–Trinajstić information content (AvgIpc) is 3.39. The molecule has 4 aromatic rings. The zero-order chi connectivity index (χ0) is 28.4. The molecule has 0 bridgehead atoms. The summed E-state index contributed by atoms with van der Waals surface area (Å²) in [5.41, 5.74) is 1.60. The fourth-order valence-electron chi connectivity index (χ4n) is 3.34. The van der Waals surface area contributed by atoms with Crippen LogP contribution in [-0.4, -0.2) is 33.1 Å². The molecule has 2 N–H and O–H groups in total. The van der Waals surface area contributed by atoms with Gasteiger partial charge in [0.15, 0.2) is 0 Å². The molecule has 1 amide bonds. The highest BCUT2D eigenvalue weighted by Crippen LogP contribution is 2.37. The molecule has 0 spiro atoms. The van der Waals surface area contributed by atoms with Crippen molar-refractivity contribution in [3.63, 3.8) is 0 Å². The van der Waals surface area contributed by atoms with Gasteiger partial charge in [0.25, 0.3) is 0 Å². The first kappa shape index (κ1) is 27.5. The number of carbonyl (C=O) groups excluding carboxylic acids is 1. The normalized spacial score (nSPS) is 12.3. The molecule has 2 aromatic heterocycles. The summed E-state index contributed by atoms with van der Waals surface area (Å²) < 4.78 is 107.